The Balaban J connectivity index is 1.43. The van der Waals surface area contributed by atoms with Gasteiger partial charge >= 0.3 is 6.18 Å². The molecule has 0 atom stereocenters. The van der Waals surface area contributed by atoms with E-state index in [0.717, 1.165) is 58.3 Å². The van der Waals surface area contributed by atoms with Crippen LogP contribution in [-0.2, 0) is 10.9 Å². The van der Waals surface area contributed by atoms with Gasteiger partial charge in [0.25, 0.3) is 5.91 Å². The van der Waals surface area contributed by atoms with Crippen molar-refractivity contribution in [3.05, 3.63) is 29.6 Å². The van der Waals surface area contributed by atoms with E-state index in [9.17, 15) is 18.0 Å². The fraction of sp³-hybridized carbons (Fsp3) is 0.619. The SMILES string of the molecule is COc1ccc(-n2ncc(C(=O)N3CCC(CCN4CCOCC4)CC3)c2C(F)(F)F)nn1. The standard InChI is InChI=1S/C21H27F3N6O3/c1-32-18-3-2-17(26-27-18)30-19(21(22,23)24)16(14-25-30)20(31)29-8-5-15(6-9-29)4-7-28-10-12-33-13-11-28/h2-3,14-15H,4-13H2,1H3. The maximum atomic E-state index is 13.9. The van der Waals surface area contributed by atoms with Gasteiger partial charge < -0.3 is 14.4 Å². The van der Waals surface area contributed by atoms with Gasteiger partial charge in [0.1, 0.15) is 0 Å². The van der Waals surface area contributed by atoms with Crippen LogP contribution in [-0.4, -0.2) is 88.7 Å². The average Bonchev–Trinajstić information content (AvgIpc) is 3.29. The predicted molar refractivity (Wildman–Crippen MR) is 111 cm³/mol. The Labute approximate surface area is 189 Å². The number of nitrogens with zero attached hydrogens (tertiary/aromatic N) is 6. The molecule has 0 radical (unpaired) electrons. The first-order valence-electron chi connectivity index (χ1n) is 11.0. The Morgan fingerprint density at radius 1 is 1.15 bits per heavy atom. The average molecular weight is 468 g/mol. The molecule has 4 heterocycles. The summed E-state index contributed by atoms with van der Waals surface area (Å²) in [6.45, 7) is 5.21. The number of aromatic nitrogens is 4. The quantitative estimate of drug-likeness (QED) is 0.643. The van der Waals surface area contributed by atoms with E-state index in [4.69, 9.17) is 9.47 Å². The topological polar surface area (TPSA) is 85.6 Å². The molecule has 180 valence electrons. The summed E-state index contributed by atoms with van der Waals surface area (Å²) in [7, 11) is 1.38. The highest BCUT2D eigenvalue weighted by molar-refractivity contribution is 5.95. The molecule has 2 aromatic heterocycles. The third kappa shape index (κ3) is 5.44. The largest absolute Gasteiger partial charge is 0.480 e. The van der Waals surface area contributed by atoms with Crippen LogP contribution in [0.25, 0.3) is 5.82 Å². The molecule has 12 heteroatoms. The van der Waals surface area contributed by atoms with Crippen LogP contribution in [0.1, 0.15) is 35.3 Å². The maximum absolute atomic E-state index is 13.9. The van der Waals surface area contributed by atoms with Gasteiger partial charge in [0.05, 0.1) is 32.1 Å². The van der Waals surface area contributed by atoms with Crippen molar-refractivity contribution in [1.82, 2.24) is 29.8 Å². The lowest BCUT2D eigenvalue weighted by Gasteiger charge is -2.34. The molecular formula is C21H27F3N6O3. The first-order chi connectivity index (χ1) is 15.9. The highest BCUT2D eigenvalue weighted by atomic mass is 19.4. The second-order valence-corrected chi connectivity index (χ2v) is 8.23. The van der Waals surface area contributed by atoms with Gasteiger partial charge in [-0.25, -0.2) is 4.68 Å². The molecule has 0 unspecified atom stereocenters. The number of hydrogen-bond acceptors (Lipinski definition) is 7. The Morgan fingerprint density at radius 3 is 2.48 bits per heavy atom. The minimum absolute atomic E-state index is 0.149. The molecule has 33 heavy (non-hydrogen) atoms. The van der Waals surface area contributed by atoms with Gasteiger partial charge in [-0.1, -0.05) is 0 Å². The number of piperidine rings is 1. The van der Waals surface area contributed by atoms with Gasteiger partial charge in [-0.3, -0.25) is 9.69 Å². The minimum Gasteiger partial charge on any atom is -0.480 e. The van der Waals surface area contributed by atoms with E-state index in [1.54, 1.807) is 0 Å². The minimum atomic E-state index is -4.79. The van der Waals surface area contributed by atoms with Gasteiger partial charge in [0.15, 0.2) is 11.5 Å². The van der Waals surface area contributed by atoms with Crippen molar-refractivity contribution in [3.63, 3.8) is 0 Å². The van der Waals surface area contributed by atoms with Crippen LogP contribution in [0.5, 0.6) is 5.88 Å². The summed E-state index contributed by atoms with van der Waals surface area (Å²) in [6.07, 6.45) is -1.27. The lowest BCUT2D eigenvalue weighted by molar-refractivity contribution is -0.143. The van der Waals surface area contributed by atoms with E-state index in [1.165, 1.54) is 24.1 Å². The lowest BCUT2D eigenvalue weighted by Crippen LogP contribution is -2.41. The Kier molecular flexibility index (Phi) is 7.13. The molecule has 4 rings (SSSR count). The Morgan fingerprint density at radius 2 is 1.88 bits per heavy atom. The summed E-state index contributed by atoms with van der Waals surface area (Å²) in [5.74, 6) is -0.200. The highest BCUT2D eigenvalue weighted by Gasteiger charge is 2.42. The van der Waals surface area contributed by atoms with Crippen molar-refractivity contribution in [2.45, 2.75) is 25.4 Å². The summed E-state index contributed by atoms with van der Waals surface area (Å²) in [5, 5.41) is 11.2. The number of rotatable bonds is 6. The van der Waals surface area contributed by atoms with Crippen molar-refractivity contribution >= 4 is 5.91 Å². The molecule has 0 saturated carbocycles. The summed E-state index contributed by atoms with van der Waals surface area (Å²) < 4.78 is 52.6. The van der Waals surface area contributed by atoms with Crippen LogP contribution in [0.4, 0.5) is 13.2 Å². The molecule has 9 nitrogen and oxygen atoms in total. The van der Waals surface area contributed by atoms with Gasteiger partial charge in [0.2, 0.25) is 5.88 Å². The van der Waals surface area contributed by atoms with Crippen molar-refractivity contribution in [3.8, 4) is 11.7 Å². The first-order valence-corrected chi connectivity index (χ1v) is 11.0. The summed E-state index contributed by atoms with van der Waals surface area (Å²) in [4.78, 5) is 16.9. The third-order valence-corrected chi connectivity index (χ3v) is 6.18. The van der Waals surface area contributed by atoms with E-state index in [0.29, 0.717) is 23.7 Å². The summed E-state index contributed by atoms with van der Waals surface area (Å²) in [5.41, 5.74) is -1.63. The summed E-state index contributed by atoms with van der Waals surface area (Å²) in [6, 6.07) is 2.69. The molecule has 0 spiro atoms. The van der Waals surface area contributed by atoms with Crippen LogP contribution in [0.3, 0.4) is 0 Å². The lowest BCUT2D eigenvalue weighted by atomic mass is 9.93. The molecule has 2 fully saturated rings. The molecule has 0 aliphatic carbocycles. The molecule has 2 aliphatic heterocycles. The number of likely N-dealkylation sites (tertiary alicyclic amines) is 1. The van der Waals surface area contributed by atoms with Gasteiger partial charge in [-0.15, -0.1) is 10.2 Å². The van der Waals surface area contributed by atoms with E-state index < -0.39 is 23.3 Å². The predicted octanol–water partition coefficient (Wildman–Crippen LogP) is 2.26. The zero-order chi connectivity index (χ0) is 23.4. The second kappa shape index (κ2) is 10.0. The van der Waals surface area contributed by atoms with Crippen molar-refractivity contribution in [1.29, 1.82) is 0 Å². The fourth-order valence-electron chi connectivity index (χ4n) is 4.27. The van der Waals surface area contributed by atoms with Crippen molar-refractivity contribution in [2.75, 3.05) is 53.0 Å². The molecule has 0 N–H and O–H groups in total. The monoisotopic (exact) mass is 468 g/mol. The number of ether oxygens (including phenoxy) is 2. The van der Waals surface area contributed by atoms with Crippen LogP contribution in [0, 0.1) is 5.92 Å². The number of morpholine rings is 1. The van der Waals surface area contributed by atoms with Gasteiger partial charge in [-0.05, 0) is 37.8 Å². The number of carbonyl (C=O) groups is 1. The van der Waals surface area contributed by atoms with Crippen LogP contribution in [0.15, 0.2) is 18.3 Å². The fourth-order valence-corrected chi connectivity index (χ4v) is 4.27. The van der Waals surface area contributed by atoms with Crippen molar-refractivity contribution < 1.29 is 27.4 Å². The number of hydrogen-bond donors (Lipinski definition) is 0. The number of carbonyl (C=O) groups excluding carboxylic acids is 1. The number of halogens is 3. The van der Waals surface area contributed by atoms with Gasteiger partial charge in [-0.2, -0.15) is 18.3 Å². The van der Waals surface area contributed by atoms with E-state index in [2.05, 4.69) is 20.2 Å². The molecule has 2 aromatic rings. The summed E-state index contributed by atoms with van der Waals surface area (Å²) >= 11 is 0. The zero-order valence-corrected chi connectivity index (χ0v) is 18.4. The van der Waals surface area contributed by atoms with Gasteiger partial charge in [0, 0.05) is 32.2 Å². The Bertz CT molecular complexity index is 936. The third-order valence-electron chi connectivity index (χ3n) is 6.18. The maximum Gasteiger partial charge on any atom is 0.434 e. The van der Waals surface area contributed by atoms with E-state index >= 15 is 0 Å². The van der Waals surface area contributed by atoms with Crippen LogP contribution < -0.4 is 4.74 Å². The van der Waals surface area contributed by atoms with Crippen LogP contribution >= 0.6 is 0 Å². The molecule has 0 bridgehead atoms. The normalized spacial score (nSPS) is 18.5. The van der Waals surface area contributed by atoms with E-state index in [-0.39, 0.29) is 11.7 Å². The zero-order valence-electron chi connectivity index (χ0n) is 18.4. The number of alkyl halides is 3. The molecular weight excluding hydrogens is 441 g/mol. The molecule has 2 saturated heterocycles. The smallest absolute Gasteiger partial charge is 0.434 e. The molecule has 2 aliphatic rings. The van der Waals surface area contributed by atoms with Crippen LogP contribution in [0.2, 0.25) is 0 Å². The first kappa shape index (κ1) is 23.4. The molecule has 0 aromatic carbocycles. The Hall–Kier alpha value is -2.73. The van der Waals surface area contributed by atoms with Crippen molar-refractivity contribution in [2.24, 2.45) is 5.92 Å². The highest BCUT2D eigenvalue weighted by Crippen LogP contribution is 2.34. The number of amides is 1. The second-order valence-electron chi connectivity index (χ2n) is 8.23. The van der Waals surface area contributed by atoms with E-state index in [1.807, 2.05) is 0 Å². The molecule has 1 amide bonds. The number of methoxy groups -OCH3 is 1.